The zero-order valence-electron chi connectivity index (χ0n) is 12.7. The van der Waals surface area contributed by atoms with Crippen LogP contribution in [0.4, 0.5) is 0 Å². The second kappa shape index (κ2) is 6.84. The van der Waals surface area contributed by atoms with Crippen molar-refractivity contribution in [2.45, 2.75) is 33.2 Å². The van der Waals surface area contributed by atoms with Gasteiger partial charge in [0.2, 0.25) is 0 Å². The minimum absolute atomic E-state index is 0.141. The van der Waals surface area contributed by atoms with E-state index in [1.165, 1.54) is 23.2 Å². The summed E-state index contributed by atoms with van der Waals surface area (Å²) in [5.74, 6) is -0.838. The molecule has 0 aromatic carbocycles. The van der Waals surface area contributed by atoms with Crippen LogP contribution >= 0.6 is 0 Å². The molecule has 0 radical (unpaired) electrons. The standard InChI is InChI=1S/C15H19N3O3/c1-5-21-13(19)10-18(15(2,3)4)14(20)12-7-6-11(8-16)9-17-12/h6-7,9H,5,10H2,1-4H3. The van der Waals surface area contributed by atoms with Crippen LogP contribution < -0.4 is 0 Å². The molecule has 6 nitrogen and oxygen atoms in total. The molecule has 21 heavy (non-hydrogen) atoms. The summed E-state index contributed by atoms with van der Waals surface area (Å²) in [6.45, 7) is 7.32. The van der Waals surface area contributed by atoms with Gasteiger partial charge in [0.1, 0.15) is 18.3 Å². The maximum Gasteiger partial charge on any atom is 0.325 e. The first-order chi connectivity index (χ1) is 9.79. The molecule has 0 aliphatic carbocycles. The molecule has 0 fully saturated rings. The van der Waals surface area contributed by atoms with Crippen LogP contribution in [0.25, 0.3) is 0 Å². The fourth-order valence-electron chi connectivity index (χ4n) is 1.67. The molecule has 1 aromatic rings. The van der Waals surface area contributed by atoms with Crippen LogP contribution in [-0.4, -0.2) is 40.5 Å². The van der Waals surface area contributed by atoms with E-state index in [0.29, 0.717) is 5.56 Å². The number of aromatic nitrogens is 1. The number of nitriles is 1. The van der Waals surface area contributed by atoms with E-state index >= 15 is 0 Å². The van der Waals surface area contributed by atoms with E-state index in [2.05, 4.69) is 4.98 Å². The van der Waals surface area contributed by atoms with Crippen molar-refractivity contribution in [2.24, 2.45) is 0 Å². The van der Waals surface area contributed by atoms with Crippen molar-refractivity contribution in [3.05, 3.63) is 29.6 Å². The molecular weight excluding hydrogens is 270 g/mol. The Morgan fingerprint density at radius 1 is 1.38 bits per heavy atom. The fraction of sp³-hybridized carbons (Fsp3) is 0.467. The number of ether oxygens (including phenoxy) is 1. The maximum atomic E-state index is 12.5. The fourth-order valence-corrected chi connectivity index (χ4v) is 1.67. The molecule has 1 heterocycles. The third kappa shape index (κ3) is 4.56. The molecule has 0 saturated heterocycles. The van der Waals surface area contributed by atoms with Gasteiger partial charge in [0, 0.05) is 11.7 Å². The molecular formula is C15H19N3O3. The summed E-state index contributed by atoms with van der Waals surface area (Å²) < 4.78 is 4.89. The lowest BCUT2D eigenvalue weighted by atomic mass is 10.1. The number of pyridine rings is 1. The summed E-state index contributed by atoms with van der Waals surface area (Å²) in [7, 11) is 0. The largest absolute Gasteiger partial charge is 0.465 e. The van der Waals surface area contributed by atoms with Crippen LogP contribution in [0.15, 0.2) is 18.3 Å². The second-order valence-corrected chi connectivity index (χ2v) is 5.41. The lowest BCUT2D eigenvalue weighted by Crippen LogP contribution is -2.48. The smallest absolute Gasteiger partial charge is 0.325 e. The van der Waals surface area contributed by atoms with Crippen molar-refractivity contribution in [1.29, 1.82) is 5.26 Å². The van der Waals surface area contributed by atoms with Gasteiger partial charge in [-0.2, -0.15) is 5.26 Å². The van der Waals surface area contributed by atoms with Crippen LogP contribution in [0.3, 0.4) is 0 Å². The third-order valence-corrected chi connectivity index (χ3v) is 2.76. The number of nitrogens with zero attached hydrogens (tertiary/aromatic N) is 3. The van der Waals surface area contributed by atoms with Crippen LogP contribution in [0.2, 0.25) is 0 Å². The number of rotatable bonds is 4. The molecule has 1 amide bonds. The van der Waals surface area contributed by atoms with Gasteiger partial charge in [-0.1, -0.05) is 0 Å². The number of hydrogen-bond donors (Lipinski definition) is 0. The Labute approximate surface area is 124 Å². The van der Waals surface area contributed by atoms with Crippen molar-refractivity contribution in [3.63, 3.8) is 0 Å². The molecule has 0 aliphatic rings. The van der Waals surface area contributed by atoms with E-state index in [1.54, 1.807) is 6.92 Å². The minimum Gasteiger partial charge on any atom is -0.465 e. The monoisotopic (exact) mass is 289 g/mol. The van der Waals surface area contributed by atoms with E-state index in [-0.39, 0.29) is 24.8 Å². The Morgan fingerprint density at radius 2 is 2.05 bits per heavy atom. The van der Waals surface area contributed by atoms with Gasteiger partial charge in [0.15, 0.2) is 0 Å². The van der Waals surface area contributed by atoms with Crippen molar-refractivity contribution < 1.29 is 14.3 Å². The van der Waals surface area contributed by atoms with Crippen molar-refractivity contribution >= 4 is 11.9 Å². The average molecular weight is 289 g/mol. The highest BCUT2D eigenvalue weighted by Gasteiger charge is 2.30. The van der Waals surface area contributed by atoms with Crippen LogP contribution in [0, 0.1) is 11.3 Å². The van der Waals surface area contributed by atoms with Crippen LogP contribution in [0.1, 0.15) is 43.7 Å². The molecule has 0 saturated carbocycles. The molecule has 6 heteroatoms. The van der Waals surface area contributed by atoms with Gasteiger partial charge in [-0.05, 0) is 39.8 Å². The summed E-state index contributed by atoms with van der Waals surface area (Å²) in [4.78, 5) is 29.5. The Morgan fingerprint density at radius 3 is 2.48 bits per heavy atom. The van der Waals surface area contributed by atoms with E-state index in [1.807, 2.05) is 26.8 Å². The number of amides is 1. The second-order valence-electron chi connectivity index (χ2n) is 5.41. The maximum absolute atomic E-state index is 12.5. The van der Waals surface area contributed by atoms with Crippen molar-refractivity contribution in [1.82, 2.24) is 9.88 Å². The minimum atomic E-state index is -0.556. The first kappa shape index (κ1) is 16.6. The Balaban J connectivity index is 2.99. The first-order valence-corrected chi connectivity index (χ1v) is 6.63. The van der Waals surface area contributed by atoms with Gasteiger partial charge in [0.05, 0.1) is 12.2 Å². The highest BCUT2D eigenvalue weighted by molar-refractivity contribution is 5.94. The lowest BCUT2D eigenvalue weighted by Gasteiger charge is -2.34. The highest BCUT2D eigenvalue weighted by Crippen LogP contribution is 2.16. The van der Waals surface area contributed by atoms with E-state index in [0.717, 1.165) is 0 Å². The van der Waals surface area contributed by atoms with Gasteiger partial charge in [-0.25, -0.2) is 4.98 Å². The Hall–Kier alpha value is -2.42. The topological polar surface area (TPSA) is 83.3 Å². The van der Waals surface area contributed by atoms with Gasteiger partial charge >= 0.3 is 5.97 Å². The quantitative estimate of drug-likeness (QED) is 0.789. The summed E-state index contributed by atoms with van der Waals surface area (Å²) in [6.07, 6.45) is 1.33. The van der Waals surface area contributed by atoms with Gasteiger partial charge in [0.25, 0.3) is 5.91 Å². The summed E-state index contributed by atoms with van der Waals surface area (Å²) >= 11 is 0. The van der Waals surface area contributed by atoms with Gasteiger partial charge < -0.3 is 9.64 Å². The number of esters is 1. The molecule has 1 aromatic heterocycles. The Bertz CT molecular complexity index is 553. The molecule has 0 unspecified atom stereocenters. The summed E-state index contributed by atoms with van der Waals surface area (Å²) in [5.41, 5.74) is 0.00635. The zero-order valence-corrected chi connectivity index (χ0v) is 12.7. The van der Waals surface area contributed by atoms with E-state index < -0.39 is 11.5 Å². The van der Waals surface area contributed by atoms with E-state index in [4.69, 9.17) is 10.00 Å². The molecule has 0 spiro atoms. The predicted molar refractivity (Wildman–Crippen MR) is 76.4 cm³/mol. The third-order valence-electron chi connectivity index (χ3n) is 2.76. The zero-order chi connectivity index (χ0) is 16.0. The van der Waals surface area contributed by atoms with Crippen LogP contribution in [-0.2, 0) is 9.53 Å². The van der Waals surface area contributed by atoms with Crippen LogP contribution in [0.5, 0.6) is 0 Å². The molecule has 1 rings (SSSR count). The number of carbonyl (C=O) groups excluding carboxylic acids is 2. The predicted octanol–water partition coefficient (Wildman–Crippen LogP) is 1.76. The van der Waals surface area contributed by atoms with Gasteiger partial charge in [-0.3, -0.25) is 9.59 Å². The number of hydrogen-bond acceptors (Lipinski definition) is 5. The lowest BCUT2D eigenvalue weighted by molar-refractivity contribution is -0.144. The molecule has 112 valence electrons. The Kier molecular flexibility index (Phi) is 5.42. The summed E-state index contributed by atoms with van der Waals surface area (Å²) in [5, 5.41) is 8.74. The molecule has 0 N–H and O–H groups in total. The number of carbonyl (C=O) groups is 2. The normalized spacial score (nSPS) is 10.6. The molecule has 0 aliphatic heterocycles. The van der Waals surface area contributed by atoms with Gasteiger partial charge in [-0.15, -0.1) is 0 Å². The van der Waals surface area contributed by atoms with Crippen molar-refractivity contribution in [3.8, 4) is 6.07 Å². The molecule has 0 bridgehead atoms. The first-order valence-electron chi connectivity index (χ1n) is 6.63. The highest BCUT2D eigenvalue weighted by atomic mass is 16.5. The summed E-state index contributed by atoms with van der Waals surface area (Å²) in [6, 6.07) is 4.94. The molecule has 0 atom stereocenters. The SMILES string of the molecule is CCOC(=O)CN(C(=O)c1ccc(C#N)cn1)C(C)(C)C. The van der Waals surface area contributed by atoms with Crippen molar-refractivity contribution in [2.75, 3.05) is 13.2 Å². The van der Waals surface area contributed by atoms with E-state index in [9.17, 15) is 9.59 Å². The average Bonchev–Trinajstić information content (AvgIpc) is 2.43.